The molecule has 0 aliphatic heterocycles. The number of para-hydroxylation sites is 1. The smallest absolute Gasteiger partial charge is 0.191 e. The van der Waals surface area contributed by atoms with Crippen LogP contribution >= 0.6 is 0 Å². The molecule has 4 heteroatoms. The molecule has 0 bridgehead atoms. The van der Waals surface area contributed by atoms with Crippen LogP contribution in [0.25, 0.3) is 5.57 Å². The van der Waals surface area contributed by atoms with Crippen LogP contribution in [0.1, 0.15) is 12.0 Å². The van der Waals surface area contributed by atoms with E-state index in [1.807, 2.05) is 12.2 Å². The van der Waals surface area contributed by atoms with Gasteiger partial charge in [-0.2, -0.15) is 0 Å². The van der Waals surface area contributed by atoms with Gasteiger partial charge in [-0.25, -0.2) is 0 Å². The van der Waals surface area contributed by atoms with Crippen LogP contribution in [0.5, 0.6) is 11.5 Å². The van der Waals surface area contributed by atoms with Gasteiger partial charge in [-0.1, -0.05) is 24.3 Å². The molecule has 0 atom stereocenters. The average Bonchev–Trinajstić information content (AvgIpc) is 2.42. The molecular weight excluding hydrogens is 232 g/mol. The highest BCUT2D eigenvalue weighted by Gasteiger charge is 2.29. The van der Waals surface area contributed by atoms with Crippen molar-refractivity contribution in [3.05, 3.63) is 42.0 Å². The summed E-state index contributed by atoms with van der Waals surface area (Å²) in [5, 5.41) is 19.4. The SMILES string of the molecule is COC1(OC)C=C(c2cccc(O)c2O)C=CC1. The Kier molecular flexibility index (Phi) is 3.41. The van der Waals surface area contributed by atoms with Crippen molar-refractivity contribution in [3.8, 4) is 11.5 Å². The summed E-state index contributed by atoms with van der Waals surface area (Å²) in [5.74, 6) is -1.11. The summed E-state index contributed by atoms with van der Waals surface area (Å²) in [6.45, 7) is 0. The molecule has 0 spiro atoms. The van der Waals surface area contributed by atoms with Crippen molar-refractivity contribution in [2.75, 3.05) is 14.2 Å². The minimum absolute atomic E-state index is 0.142. The predicted molar refractivity (Wildman–Crippen MR) is 68.3 cm³/mol. The van der Waals surface area contributed by atoms with E-state index < -0.39 is 5.79 Å². The van der Waals surface area contributed by atoms with Gasteiger partial charge in [0.15, 0.2) is 17.3 Å². The van der Waals surface area contributed by atoms with Crippen molar-refractivity contribution in [2.45, 2.75) is 12.2 Å². The van der Waals surface area contributed by atoms with Gasteiger partial charge in [0, 0.05) is 26.2 Å². The van der Waals surface area contributed by atoms with Gasteiger partial charge in [0.25, 0.3) is 0 Å². The molecule has 0 saturated carbocycles. The van der Waals surface area contributed by atoms with Crippen LogP contribution in [0.2, 0.25) is 0 Å². The zero-order chi connectivity index (χ0) is 13.2. The third kappa shape index (κ3) is 2.12. The van der Waals surface area contributed by atoms with E-state index in [-0.39, 0.29) is 11.5 Å². The molecule has 0 fully saturated rings. The van der Waals surface area contributed by atoms with Crippen molar-refractivity contribution < 1.29 is 19.7 Å². The first-order chi connectivity index (χ1) is 8.62. The predicted octanol–water partition coefficient (Wildman–Crippen LogP) is 2.43. The fourth-order valence-electron chi connectivity index (χ4n) is 1.99. The zero-order valence-electron chi connectivity index (χ0n) is 10.4. The standard InChI is InChI=1S/C14H16O4/c1-17-14(18-2)8-4-5-10(9-14)11-6-3-7-12(15)13(11)16/h3-7,9,15-16H,8H2,1-2H3. The highest BCUT2D eigenvalue weighted by Crippen LogP contribution is 2.37. The number of phenolic OH excluding ortho intramolecular Hbond substituents is 2. The molecular formula is C14H16O4. The van der Waals surface area contributed by atoms with Crippen molar-refractivity contribution in [1.82, 2.24) is 0 Å². The summed E-state index contributed by atoms with van der Waals surface area (Å²) < 4.78 is 10.7. The number of hydrogen-bond acceptors (Lipinski definition) is 4. The lowest BCUT2D eigenvalue weighted by Gasteiger charge is -2.29. The van der Waals surface area contributed by atoms with Crippen LogP contribution < -0.4 is 0 Å². The summed E-state index contributed by atoms with van der Waals surface area (Å²) in [7, 11) is 3.14. The first-order valence-electron chi connectivity index (χ1n) is 5.63. The largest absolute Gasteiger partial charge is 0.504 e. The molecule has 0 saturated heterocycles. The fraction of sp³-hybridized carbons (Fsp3) is 0.286. The summed E-state index contributed by atoms with van der Waals surface area (Å²) in [5.41, 5.74) is 1.29. The molecule has 0 heterocycles. The molecule has 18 heavy (non-hydrogen) atoms. The molecule has 0 radical (unpaired) electrons. The Labute approximate surface area is 106 Å². The minimum Gasteiger partial charge on any atom is -0.504 e. The third-order valence-corrected chi connectivity index (χ3v) is 3.09. The van der Waals surface area contributed by atoms with E-state index in [1.54, 1.807) is 32.4 Å². The number of hydrogen-bond donors (Lipinski definition) is 2. The molecule has 1 aliphatic rings. The molecule has 2 N–H and O–H groups in total. The maximum absolute atomic E-state index is 9.86. The lowest BCUT2D eigenvalue weighted by atomic mass is 9.95. The quantitative estimate of drug-likeness (QED) is 0.637. The number of phenols is 2. The fourth-order valence-corrected chi connectivity index (χ4v) is 1.99. The van der Waals surface area contributed by atoms with Crippen molar-refractivity contribution in [2.24, 2.45) is 0 Å². The molecule has 4 nitrogen and oxygen atoms in total. The van der Waals surface area contributed by atoms with Crippen LogP contribution in [0.4, 0.5) is 0 Å². The van der Waals surface area contributed by atoms with Crippen LogP contribution in [-0.2, 0) is 9.47 Å². The van der Waals surface area contributed by atoms with Crippen molar-refractivity contribution >= 4 is 5.57 Å². The highest BCUT2D eigenvalue weighted by atomic mass is 16.7. The summed E-state index contributed by atoms with van der Waals surface area (Å²) in [6, 6.07) is 4.84. The first kappa shape index (κ1) is 12.7. The lowest BCUT2D eigenvalue weighted by molar-refractivity contribution is -0.167. The molecule has 0 unspecified atom stereocenters. The Morgan fingerprint density at radius 2 is 1.89 bits per heavy atom. The number of allylic oxidation sites excluding steroid dienone is 2. The van der Waals surface area contributed by atoms with Gasteiger partial charge in [-0.15, -0.1) is 0 Å². The first-order valence-corrected chi connectivity index (χ1v) is 5.63. The normalized spacial score (nSPS) is 17.6. The number of aromatic hydroxyl groups is 2. The van der Waals surface area contributed by atoms with E-state index in [0.717, 1.165) is 5.57 Å². The number of benzene rings is 1. The van der Waals surface area contributed by atoms with Gasteiger partial charge in [0.05, 0.1) is 0 Å². The Morgan fingerprint density at radius 1 is 1.17 bits per heavy atom. The Bertz CT molecular complexity index is 499. The zero-order valence-corrected chi connectivity index (χ0v) is 10.4. The van der Waals surface area contributed by atoms with Crippen LogP contribution in [0.3, 0.4) is 0 Å². The molecule has 1 aromatic rings. The van der Waals surface area contributed by atoms with E-state index in [4.69, 9.17) is 9.47 Å². The molecule has 96 valence electrons. The summed E-state index contributed by atoms with van der Waals surface area (Å²) >= 11 is 0. The van der Waals surface area contributed by atoms with Crippen molar-refractivity contribution in [3.63, 3.8) is 0 Å². The van der Waals surface area contributed by atoms with Crippen LogP contribution in [-0.4, -0.2) is 30.2 Å². The van der Waals surface area contributed by atoms with E-state index in [0.29, 0.717) is 12.0 Å². The van der Waals surface area contributed by atoms with Gasteiger partial charge in [-0.05, 0) is 17.7 Å². The topological polar surface area (TPSA) is 58.9 Å². The molecule has 1 aliphatic carbocycles. The van der Waals surface area contributed by atoms with Crippen molar-refractivity contribution in [1.29, 1.82) is 0 Å². The molecule has 2 rings (SSSR count). The number of rotatable bonds is 3. The Balaban J connectivity index is 2.47. The second-order valence-corrected chi connectivity index (χ2v) is 4.10. The number of methoxy groups -OCH3 is 2. The molecule has 1 aromatic carbocycles. The van der Waals surface area contributed by atoms with Crippen LogP contribution in [0.15, 0.2) is 36.4 Å². The van der Waals surface area contributed by atoms with Crippen LogP contribution in [0, 0.1) is 0 Å². The third-order valence-electron chi connectivity index (χ3n) is 3.09. The maximum Gasteiger partial charge on any atom is 0.191 e. The minimum atomic E-state index is -0.817. The van der Waals surface area contributed by atoms with Gasteiger partial charge in [-0.3, -0.25) is 0 Å². The summed E-state index contributed by atoms with van der Waals surface area (Å²) in [4.78, 5) is 0. The highest BCUT2D eigenvalue weighted by molar-refractivity contribution is 5.80. The van der Waals surface area contributed by atoms with Gasteiger partial charge in [0.1, 0.15) is 0 Å². The van der Waals surface area contributed by atoms with Gasteiger partial charge >= 0.3 is 0 Å². The average molecular weight is 248 g/mol. The van der Waals surface area contributed by atoms with E-state index >= 15 is 0 Å². The molecule has 0 amide bonds. The second-order valence-electron chi connectivity index (χ2n) is 4.10. The monoisotopic (exact) mass is 248 g/mol. The summed E-state index contributed by atoms with van der Waals surface area (Å²) in [6.07, 6.45) is 6.17. The Hall–Kier alpha value is -1.78. The van der Waals surface area contributed by atoms with E-state index in [1.165, 1.54) is 6.07 Å². The van der Waals surface area contributed by atoms with Gasteiger partial charge in [0.2, 0.25) is 0 Å². The van der Waals surface area contributed by atoms with E-state index in [2.05, 4.69) is 0 Å². The molecule has 0 aromatic heterocycles. The Morgan fingerprint density at radius 3 is 2.56 bits per heavy atom. The van der Waals surface area contributed by atoms with E-state index in [9.17, 15) is 10.2 Å². The second kappa shape index (κ2) is 4.84. The lowest BCUT2D eigenvalue weighted by Crippen LogP contribution is -2.32. The number of ether oxygens (including phenoxy) is 2. The van der Waals surface area contributed by atoms with Gasteiger partial charge < -0.3 is 19.7 Å². The maximum atomic E-state index is 9.86.